The highest BCUT2D eigenvalue weighted by Crippen LogP contribution is 2.28. The second-order valence-electron chi connectivity index (χ2n) is 4.71. The highest BCUT2D eigenvalue weighted by atomic mass is 16.3. The Morgan fingerprint density at radius 2 is 2.06 bits per heavy atom. The summed E-state index contributed by atoms with van der Waals surface area (Å²) in [5.41, 5.74) is 8.68. The van der Waals surface area contributed by atoms with Crippen molar-refractivity contribution in [3.05, 3.63) is 28.8 Å². The minimum atomic E-state index is 0.125. The van der Waals surface area contributed by atoms with Gasteiger partial charge in [-0.3, -0.25) is 4.68 Å². The summed E-state index contributed by atoms with van der Waals surface area (Å²) < 4.78 is 7.31. The van der Waals surface area contributed by atoms with Crippen LogP contribution in [0.1, 0.15) is 35.7 Å². The zero-order valence-electron chi connectivity index (χ0n) is 11.5. The van der Waals surface area contributed by atoms with Crippen LogP contribution < -0.4 is 11.1 Å². The van der Waals surface area contributed by atoms with Crippen LogP contribution in [0.2, 0.25) is 0 Å². The Labute approximate surface area is 107 Å². The molecule has 1 atom stereocenters. The molecule has 2 aromatic rings. The third-order valence-electron chi connectivity index (χ3n) is 3.17. The predicted molar refractivity (Wildman–Crippen MR) is 72.6 cm³/mol. The number of rotatable bonds is 3. The molecule has 0 aliphatic heterocycles. The van der Waals surface area contributed by atoms with Crippen molar-refractivity contribution >= 4 is 11.5 Å². The second kappa shape index (κ2) is 4.40. The van der Waals surface area contributed by atoms with E-state index in [0.717, 1.165) is 28.6 Å². The topological polar surface area (TPSA) is 69.0 Å². The van der Waals surface area contributed by atoms with Gasteiger partial charge in [-0.1, -0.05) is 0 Å². The van der Waals surface area contributed by atoms with E-state index in [0.29, 0.717) is 5.69 Å². The molecule has 0 bridgehead atoms. The summed E-state index contributed by atoms with van der Waals surface area (Å²) >= 11 is 0. The standard InChI is InChI=1S/C13H20N4O/c1-7-6-11(10(4)18-7)8(2)15-13-12(14)9(3)16-17(13)5/h6,8,15H,14H2,1-5H3. The summed E-state index contributed by atoms with van der Waals surface area (Å²) in [5.74, 6) is 2.70. The zero-order chi connectivity index (χ0) is 13.4. The van der Waals surface area contributed by atoms with Gasteiger partial charge in [-0.15, -0.1) is 0 Å². The lowest BCUT2D eigenvalue weighted by atomic mass is 10.1. The van der Waals surface area contributed by atoms with Crippen molar-refractivity contribution in [2.75, 3.05) is 11.1 Å². The lowest BCUT2D eigenvalue weighted by molar-refractivity contribution is 0.499. The number of hydrogen-bond acceptors (Lipinski definition) is 4. The molecule has 0 aliphatic carbocycles. The molecule has 18 heavy (non-hydrogen) atoms. The van der Waals surface area contributed by atoms with Gasteiger partial charge in [0, 0.05) is 12.6 Å². The van der Waals surface area contributed by atoms with Gasteiger partial charge in [0.05, 0.1) is 17.4 Å². The predicted octanol–water partition coefficient (Wildman–Crippen LogP) is 2.69. The number of nitrogens with two attached hydrogens (primary N) is 1. The van der Waals surface area contributed by atoms with Crippen LogP contribution in [0.25, 0.3) is 0 Å². The lowest BCUT2D eigenvalue weighted by Crippen LogP contribution is -2.11. The first-order valence-corrected chi connectivity index (χ1v) is 6.02. The number of anilines is 2. The van der Waals surface area contributed by atoms with Crippen molar-refractivity contribution in [2.45, 2.75) is 33.7 Å². The van der Waals surface area contributed by atoms with E-state index in [1.165, 1.54) is 0 Å². The van der Waals surface area contributed by atoms with Crippen molar-refractivity contribution < 1.29 is 4.42 Å². The smallest absolute Gasteiger partial charge is 0.148 e. The van der Waals surface area contributed by atoms with E-state index in [2.05, 4.69) is 17.3 Å². The normalized spacial score (nSPS) is 12.7. The fourth-order valence-electron chi connectivity index (χ4n) is 2.21. The van der Waals surface area contributed by atoms with Crippen LogP contribution in [0, 0.1) is 20.8 Å². The van der Waals surface area contributed by atoms with E-state index in [9.17, 15) is 0 Å². The summed E-state index contributed by atoms with van der Waals surface area (Å²) in [7, 11) is 1.88. The maximum atomic E-state index is 6.00. The van der Waals surface area contributed by atoms with Gasteiger partial charge in [0.15, 0.2) is 0 Å². The van der Waals surface area contributed by atoms with E-state index >= 15 is 0 Å². The third-order valence-corrected chi connectivity index (χ3v) is 3.17. The van der Waals surface area contributed by atoms with E-state index in [1.54, 1.807) is 4.68 Å². The first-order chi connectivity index (χ1) is 8.40. The van der Waals surface area contributed by atoms with Crippen LogP contribution in [-0.2, 0) is 7.05 Å². The number of nitrogens with one attached hydrogen (secondary N) is 1. The Hall–Kier alpha value is -1.91. The average molecular weight is 248 g/mol. The SMILES string of the molecule is Cc1cc(C(C)Nc2c(N)c(C)nn2C)c(C)o1. The first kappa shape index (κ1) is 12.5. The number of furan rings is 1. The Morgan fingerprint density at radius 1 is 1.39 bits per heavy atom. The largest absolute Gasteiger partial charge is 0.466 e. The summed E-state index contributed by atoms with van der Waals surface area (Å²) in [6, 6.07) is 2.17. The molecule has 2 heterocycles. The van der Waals surface area contributed by atoms with Crippen LogP contribution in [0.4, 0.5) is 11.5 Å². The Balaban J connectivity index is 2.26. The highest BCUT2D eigenvalue weighted by molar-refractivity contribution is 5.65. The van der Waals surface area contributed by atoms with Gasteiger partial charge in [-0.05, 0) is 33.8 Å². The van der Waals surface area contributed by atoms with E-state index in [1.807, 2.05) is 33.9 Å². The number of nitrogen functional groups attached to an aromatic ring is 1. The van der Waals surface area contributed by atoms with Gasteiger partial charge >= 0.3 is 0 Å². The van der Waals surface area contributed by atoms with E-state index < -0.39 is 0 Å². The van der Waals surface area contributed by atoms with Gasteiger partial charge in [0.25, 0.3) is 0 Å². The minimum absolute atomic E-state index is 0.125. The number of nitrogens with zero attached hydrogens (tertiary/aromatic N) is 2. The van der Waals surface area contributed by atoms with Crippen molar-refractivity contribution in [2.24, 2.45) is 7.05 Å². The highest BCUT2D eigenvalue weighted by Gasteiger charge is 2.16. The van der Waals surface area contributed by atoms with Crippen molar-refractivity contribution in [3.63, 3.8) is 0 Å². The van der Waals surface area contributed by atoms with Gasteiger partial charge in [-0.25, -0.2) is 0 Å². The monoisotopic (exact) mass is 248 g/mol. The Kier molecular flexibility index (Phi) is 3.07. The van der Waals surface area contributed by atoms with Crippen LogP contribution in [0.3, 0.4) is 0 Å². The molecule has 2 rings (SSSR count). The van der Waals surface area contributed by atoms with Crippen LogP contribution >= 0.6 is 0 Å². The summed E-state index contributed by atoms with van der Waals surface area (Å²) in [5, 5.41) is 7.68. The average Bonchev–Trinajstić information content (AvgIpc) is 2.73. The van der Waals surface area contributed by atoms with Gasteiger partial charge in [0.1, 0.15) is 17.3 Å². The number of aryl methyl sites for hydroxylation is 4. The Bertz CT molecular complexity index is 568. The van der Waals surface area contributed by atoms with Crippen molar-refractivity contribution in [1.29, 1.82) is 0 Å². The minimum Gasteiger partial charge on any atom is -0.466 e. The molecule has 0 aromatic carbocycles. The van der Waals surface area contributed by atoms with E-state index in [-0.39, 0.29) is 6.04 Å². The summed E-state index contributed by atoms with van der Waals surface area (Å²) in [6.07, 6.45) is 0. The van der Waals surface area contributed by atoms with Gasteiger partial charge < -0.3 is 15.5 Å². The molecule has 2 aromatic heterocycles. The molecule has 0 fully saturated rings. The molecule has 0 spiro atoms. The third kappa shape index (κ3) is 2.08. The molecule has 5 nitrogen and oxygen atoms in total. The molecule has 0 radical (unpaired) electrons. The maximum Gasteiger partial charge on any atom is 0.148 e. The van der Waals surface area contributed by atoms with Crippen LogP contribution in [-0.4, -0.2) is 9.78 Å². The van der Waals surface area contributed by atoms with Crippen LogP contribution in [0.5, 0.6) is 0 Å². The number of hydrogen-bond donors (Lipinski definition) is 2. The molecule has 0 aliphatic rings. The van der Waals surface area contributed by atoms with Gasteiger partial charge in [0.2, 0.25) is 0 Å². The molecule has 3 N–H and O–H groups in total. The zero-order valence-corrected chi connectivity index (χ0v) is 11.5. The lowest BCUT2D eigenvalue weighted by Gasteiger charge is -2.15. The molecule has 0 amide bonds. The molecule has 5 heteroatoms. The Morgan fingerprint density at radius 3 is 2.50 bits per heavy atom. The van der Waals surface area contributed by atoms with Crippen molar-refractivity contribution in [3.8, 4) is 0 Å². The molecule has 1 unspecified atom stereocenters. The van der Waals surface area contributed by atoms with Gasteiger partial charge in [-0.2, -0.15) is 5.10 Å². The molecule has 0 saturated heterocycles. The van der Waals surface area contributed by atoms with E-state index in [4.69, 9.17) is 10.2 Å². The second-order valence-corrected chi connectivity index (χ2v) is 4.71. The van der Waals surface area contributed by atoms with Crippen molar-refractivity contribution in [1.82, 2.24) is 9.78 Å². The first-order valence-electron chi connectivity index (χ1n) is 6.02. The summed E-state index contributed by atoms with van der Waals surface area (Å²) in [4.78, 5) is 0. The molecule has 0 saturated carbocycles. The quantitative estimate of drug-likeness (QED) is 0.876. The fourth-order valence-corrected chi connectivity index (χ4v) is 2.21. The fraction of sp³-hybridized carbons (Fsp3) is 0.462. The molecular formula is C13H20N4O. The molecular weight excluding hydrogens is 228 g/mol. The summed E-state index contributed by atoms with van der Waals surface area (Å²) in [6.45, 7) is 7.90. The molecule has 98 valence electrons. The number of aromatic nitrogens is 2. The maximum absolute atomic E-state index is 6.00. The van der Waals surface area contributed by atoms with Crippen LogP contribution in [0.15, 0.2) is 10.5 Å².